The number of benzene rings is 2. The molecule has 0 spiro atoms. The molecule has 1 aliphatic heterocycles. The number of aryl methyl sites for hydroxylation is 1. The predicted molar refractivity (Wildman–Crippen MR) is 117 cm³/mol. The Bertz CT molecular complexity index is 1120. The highest BCUT2D eigenvalue weighted by atomic mass is 32.2. The van der Waals surface area contributed by atoms with Crippen molar-refractivity contribution in [1.29, 1.82) is 0 Å². The van der Waals surface area contributed by atoms with Crippen LogP contribution in [0.5, 0.6) is 11.5 Å². The van der Waals surface area contributed by atoms with E-state index in [-0.39, 0.29) is 23.7 Å². The van der Waals surface area contributed by atoms with Crippen LogP contribution in [0.25, 0.3) is 0 Å². The number of esters is 1. The molecule has 0 saturated heterocycles. The van der Waals surface area contributed by atoms with Crippen LogP contribution in [0.2, 0.25) is 0 Å². The lowest BCUT2D eigenvalue weighted by molar-refractivity contribution is -0.148. The van der Waals surface area contributed by atoms with E-state index in [1.54, 1.807) is 50.2 Å². The number of anilines is 1. The van der Waals surface area contributed by atoms with Gasteiger partial charge in [-0.3, -0.25) is 4.79 Å². The molecule has 32 heavy (non-hydrogen) atoms. The fourth-order valence-corrected chi connectivity index (χ4v) is 5.09. The molecule has 10 heteroatoms. The monoisotopic (exact) mass is 462 g/mol. The molecule has 0 aliphatic carbocycles. The Balaban J connectivity index is 1.92. The van der Waals surface area contributed by atoms with Gasteiger partial charge in [0.05, 0.1) is 33.0 Å². The number of para-hydroxylation sites is 2. The van der Waals surface area contributed by atoms with Gasteiger partial charge >= 0.3 is 5.97 Å². The van der Waals surface area contributed by atoms with Crippen molar-refractivity contribution in [2.45, 2.75) is 24.8 Å². The number of hydrogen-bond donors (Lipinski definition) is 0. The quantitative estimate of drug-likeness (QED) is 0.580. The zero-order valence-electron chi connectivity index (χ0n) is 18.4. The number of nitrogens with zero attached hydrogens (tertiary/aromatic N) is 2. The van der Waals surface area contributed by atoms with Crippen molar-refractivity contribution in [2.75, 3.05) is 38.8 Å². The van der Waals surface area contributed by atoms with E-state index in [4.69, 9.17) is 14.2 Å². The van der Waals surface area contributed by atoms with Gasteiger partial charge in [-0.05, 0) is 36.8 Å². The van der Waals surface area contributed by atoms with Crippen LogP contribution in [-0.2, 0) is 24.3 Å². The third kappa shape index (κ3) is 4.56. The molecule has 3 rings (SSSR count). The fraction of sp³-hybridized carbons (Fsp3) is 0.364. The minimum absolute atomic E-state index is 0.00975. The Labute approximate surface area is 187 Å². The lowest BCUT2D eigenvalue weighted by atomic mass is 10.2. The summed E-state index contributed by atoms with van der Waals surface area (Å²) in [5.74, 6) is -0.578. The number of amides is 1. The smallest absolute Gasteiger partial charge is 0.348 e. The first-order valence-electron chi connectivity index (χ1n) is 10.0. The number of carbonyl (C=O) groups excluding carboxylic acids is 2. The molecule has 1 atom stereocenters. The highest BCUT2D eigenvalue weighted by Gasteiger charge is 2.36. The van der Waals surface area contributed by atoms with E-state index in [0.29, 0.717) is 11.4 Å². The van der Waals surface area contributed by atoms with E-state index < -0.39 is 34.5 Å². The van der Waals surface area contributed by atoms with Crippen molar-refractivity contribution < 1.29 is 32.2 Å². The molecular formula is C22H26N2O7S. The van der Waals surface area contributed by atoms with E-state index in [2.05, 4.69) is 0 Å². The van der Waals surface area contributed by atoms with Gasteiger partial charge < -0.3 is 19.1 Å². The zero-order chi connectivity index (χ0) is 23.5. The summed E-state index contributed by atoms with van der Waals surface area (Å²) in [5.41, 5.74) is 1.20. The summed E-state index contributed by atoms with van der Waals surface area (Å²) in [7, 11) is -1.40. The van der Waals surface area contributed by atoms with Gasteiger partial charge in [-0.15, -0.1) is 0 Å². The Morgan fingerprint density at radius 3 is 2.56 bits per heavy atom. The average Bonchev–Trinajstić information content (AvgIpc) is 2.80. The van der Waals surface area contributed by atoms with Gasteiger partial charge in [0.2, 0.25) is 22.0 Å². The van der Waals surface area contributed by atoms with E-state index in [9.17, 15) is 18.0 Å². The second kappa shape index (κ2) is 9.58. The molecule has 0 saturated carbocycles. The van der Waals surface area contributed by atoms with Crippen molar-refractivity contribution in [3.8, 4) is 11.5 Å². The summed E-state index contributed by atoms with van der Waals surface area (Å²) in [6, 6.07) is 11.6. The average molecular weight is 463 g/mol. The van der Waals surface area contributed by atoms with Crippen molar-refractivity contribution in [2.24, 2.45) is 0 Å². The van der Waals surface area contributed by atoms with Gasteiger partial charge in [0, 0.05) is 6.54 Å². The topological polar surface area (TPSA) is 102 Å². The van der Waals surface area contributed by atoms with Crippen molar-refractivity contribution in [3.05, 3.63) is 48.0 Å². The number of likely N-dealkylation sites (N-methyl/N-ethyl adjacent to an activating group) is 1. The predicted octanol–water partition coefficient (Wildman–Crippen LogP) is 1.98. The maximum atomic E-state index is 13.4. The third-order valence-electron chi connectivity index (χ3n) is 5.14. The van der Waals surface area contributed by atoms with Gasteiger partial charge in [-0.2, -0.15) is 4.31 Å². The molecule has 9 nitrogen and oxygen atoms in total. The summed E-state index contributed by atoms with van der Waals surface area (Å²) in [4.78, 5) is 26.7. The number of carbonyl (C=O) groups is 2. The third-order valence-corrected chi connectivity index (χ3v) is 7.08. The molecule has 0 bridgehead atoms. The second-order valence-electron chi connectivity index (χ2n) is 7.19. The van der Waals surface area contributed by atoms with Crippen LogP contribution in [0.3, 0.4) is 0 Å². The maximum absolute atomic E-state index is 13.4. The normalized spacial score (nSPS) is 15.7. The van der Waals surface area contributed by atoms with Crippen LogP contribution in [0, 0.1) is 6.92 Å². The van der Waals surface area contributed by atoms with E-state index in [0.717, 1.165) is 9.87 Å². The summed E-state index contributed by atoms with van der Waals surface area (Å²) >= 11 is 0. The number of fused-ring (bicyclic) bond motifs is 1. The van der Waals surface area contributed by atoms with Gasteiger partial charge in [0.15, 0.2) is 0 Å². The highest BCUT2D eigenvalue weighted by molar-refractivity contribution is 7.89. The lowest BCUT2D eigenvalue weighted by Crippen LogP contribution is -2.50. The van der Waals surface area contributed by atoms with Crippen LogP contribution in [0.4, 0.5) is 5.69 Å². The first-order chi connectivity index (χ1) is 15.2. The number of sulfonamides is 1. The van der Waals surface area contributed by atoms with Crippen molar-refractivity contribution in [3.63, 3.8) is 0 Å². The van der Waals surface area contributed by atoms with Gasteiger partial charge in [0.25, 0.3) is 0 Å². The number of rotatable bonds is 7. The summed E-state index contributed by atoms with van der Waals surface area (Å²) in [6.07, 6.45) is -1.01. The molecule has 0 unspecified atom stereocenters. The molecule has 1 amide bonds. The van der Waals surface area contributed by atoms with Crippen LogP contribution in [0.15, 0.2) is 47.4 Å². The minimum Gasteiger partial charge on any atom is -0.495 e. The fourth-order valence-electron chi connectivity index (χ4n) is 3.45. The lowest BCUT2D eigenvalue weighted by Gasteiger charge is -2.34. The number of hydrogen-bond acceptors (Lipinski definition) is 7. The van der Waals surface area contributed by atoms with Crippen LogP contribution < -0.4 is 14.4 Å². The first-order valence-corrected chi connectivity index (χ1v) is 11.5. The highest BCUT2D eigenvalue weighted by Crippen LogP contribution is 2.34. The van der Waals surface area contributed by atoms with Crippen molar-refractivity contribution >= 4 is 27.6 Å². The summed E-state index contributed by atoms with van der Waals surface area (Å²) < 4.78 is 43.4. The minimum atomic E-state index is -4.02. The molecule has 1 heterocycles. The molecular weight excluding hydrogens is 436 g/mol. The summed E-state index contributed by atoms with van der Waals surface area (Å²) in [6.45, 7) is 2.98. The molecule has 1 aliphatic rings. The zero-order valence-corrected chi connectivity index (χ0v) is 19.2. The van der Waals surface area contributed by atoms with Gasteiger partial charge in [-0.25, -0.2) is 13.2 Å². The summed E-state index contributed by atoms with van der Waals surface area (Å²) in [5, 5.41) is 0. The molecule has 0 fully saturated rings. The second-order valence-corrected chi connectivity index (χ2v) is 9.09. The Kier molecular flexibility index (Phi) is 7.05. The Morgan fingerprint density at radius 1 is 1.19 bits per heavy atom. The molecule has 2 aromatic rings. The van der Waals surface area contributed by atoms with Crippen LogP contribution in [-0.4, -0.2) is 64.6 Å². The number of ether oxygens (including phenoxy) is 3. The van der Waals surface area contributed by atoms with Crippen molar-refractivity contribution in [1.82, 2.24) is 4.31 Å². The molecule has 0 radical (unpaired) electrons. The Morgan fingerprint density at radius 2 is 1.91 bits per heavy atom. The van der Waals surface area contributed by atoms with Crippen LogP contribution in [0.1, 0.15) is 12.5 Å². The number of methoxy groups -OCH3 is 2. The van der Waals surface area contributed by atoms with Crippen LogP contribution >= 0.6 is 0 Å². The first kappa shape index (κ1) is 23.6. The van der Waals surface area contributed by atoms with Gasteiger partial charge in [0.1, 0.15) is 16.4 Å². The van der Waals surface area contributed by atoms with Gasteiger partial charge in [-0.1, -0.05) is 25.1 Å². The molecule has 172 valence electrons. The molecule has 0 N–H and O–H groups in total. The SMILES string of the molecule is CCN(CC(=O)N1C[C@H](C(=O)OC)Oc2ccccc21)S(=O)(=O)c1cc(C)ccc1OC. The van der Waals surface area contributed by atoms with E-state index in [1.807, 2.05) is 0 Å². The van der Waals surface area contributed by atoms with E-state index in [1.165, 1.54) is 25.2 Å². The molecule has 0 aromatic heterocycles. The van der Waals surface area contributed by atoms with E-state index >= 15 is 0 Å². The molecule has 2 aromatic carbocycles. The largest absolute Gasteiger partial charge is 0.495 e. The Hall–Kier alpha value is -3.11. The maximum Gasteiger partial charge on any atom is 0.348 e. The standard InChI is InChI=1S/C22H26N2O7S/c1-5-23(32(27,28)20-12-15(2)10-11-18(20)29-3)14-21(25)24-13-19(22(26)30-4)31-17-9-7-6-8-16(17)24/h6-12,19H,5,13-14H2,1-4H3/t19-/m1/s1.